The number of carboxylic acids is 1. The third kappa shape index (κ3) is 3.47. The van der Waals surface area contributed by atoms with E-state index in [-0.39, 0.29) is 5.92 Å². The molecule has 0 bridgehead atoms. The van der Waals surface area contributed by atoms with Gasteiger partial charge in [0.1, 0.15) is 11.4 Å². The summed E-state index contributed by atoms with van der Waals surface area (Å²) in [6.07, 6.45) is 4.24. The number of fused-ring (bicyclic) bond motifs is 2. The molecule has 2 aliphatic rings. The van der Waals surface area contributed by atoms with Crippen molar-refractivity contribution in [1.82, 2.24) is 4.90 Å². The number of carbonyl (C=O) groups is 1. The lowest BCUT2D eigenvalue weighted by molar-refractivity contribution is -0.138. The van der Waals surface area contributed by atoms with Gasteiger partial charge >= 0.3 is 5.97 Å². The van der Waals surface area contributed by atoms with E-state index in [0.29, 0.717) is 12.2 Å². The summed E-state index contributed by atoms with van der Waals surface area (Å²) in [7, 11) is 3.75. The summed E-state index contributed by atoms with van der Waals surface area (Å²) in [4.78, 5) is 15.7. The molecule has 160 valence electrons. The molecule has 5 nitrogen and oxygen atoms in total. The molecule has 4 rings (SSSR count). The third-order valence-corrected chi connectivity index (χ3v) is 7.81. The van der Waals surface area contributed by atoms with Crippen LogP contribution in [0.3, 0.4) is 0 Å². The summed E-state index contributed by atoms with van der Waals surface area (Å²) in [5.74, 6) is -0.654. The Morgan fingerprint density at radius 3 is 2.67 bits per heavy atom. The van der Waals surface area contributed by atoms with Crippen LogP contribution in [-0.2, 0) is 15.1 Å². The van der Waals surface area contributed by atoms with Crippen LogP contribution in [0.15, 0.2) is 30.3 Å². The maximum Gasteiger partial charge on any atom is 0.311 e. The predicted octanol–water partition coefficient (Wildman–Crippen LogP) is 2.45. The highest BCUT2D eigenvalue weighted by Crippen LogP contribution is 2.46. The summed E-state index contributed by atoms with van der Waals surface area (Å²) < 4.78 is 5.85. The number of nitrogens with zero attached hydrogens (tertiary/aromatic N) is 1. The lowest BCUT2D eigenvalue weighted by Gasteiger charge is -2.39. The zero-order chi connectivity index (χ0) is 21.5. The molecule has 1 aromatic carbocycles. The molecule has 1 aliphatic heterocycles. The first-order valence-corrected chi connectivity index (χ1v) is 11.3. The van der Waals surface area contributed by atoms with Gasteiger partial charge in [-0.15, -0.1) is 11.3 Å². The van der Waals surface area contributed by atoms with Gasteiger partial charge in [-0.05, 0) is 62.7 Å². The molecule has 2 atom stereocenters. The summed E-state index contributed by atoms with van der Waals surface area (Å²) in [5, 5.41) is 23.8. The Balaban J connectivity index is 1.98. The molecular weight excluding hydrogens is 398 g/mol. The number of aliphatic hydroxyl groups is 1. The minimum Gasteiger partial charge on any atom is -0.495 e. The fourth-order valence-corrected chi connectivity index (χ4v) is 6.24. The lowest BCUT2D eigenvalue weighted by Crippen LogP contribution is -2.42. The van der Waals surface area contributed by atoms with Crippen molar-refractivity contribution in [2.24, 2.45) is 5.92 Å². The van der Waals surface area contributed by atoms with Crippen molar-refractivity contribution in [2.45, 2.75) is 37.7 Å². The van der Waals surface area contributed by atoms with Crippen molar-refractivity contribution in [1.29, 1.82) is 0 Å². The van der Waals surface area contributed by atoms with Crippen LogP contribution in [0.1, 0.15) is 47.4 Å². The Labute approximate surface area is 180 Å². The fraction of sp³-hybridized carbons (Fsp3) is 0.458. The molecule has 1 aliphatic carbocycles. The Kier molecular flexibility index (Phi) is 5.75. The first kappa shape index (κ1) is 21.1. The molecule has 30 heavy (non-hydrogen) atoms. The van der Waals surface area contributed by atoms with Gasteiger partial charge in [0.2, 0.25) is 0 Å². The number of hydrogen-bond acceptors (Lipinski definition) is 5. The number of rotatable bonds is 5. The van der Waals surface area contributed by atoms with Crippen LogP contribution >= 0.6 is 11.3 Å². The zero-order valence-corrected chi connectivity index (χ0v) is 18.5. The molecule has 2 unspecified atom stereocenters. The summed E-state index contributed by atoms with van der Waals surface area (Å²) >= 11 is 1.44. The van der Waals surface area contributed by atoms with E-state index in [4.69, 9.17) is 4.74 Å². The van der Waals surface area contributed by atoms with Gasteiger partial charge < -0.3 is 19.8 Å². The number of methoxy groups -OCH3 is 1. The van der Waals surface area contributed by atoms with E-state index >= 15 is 0 Å². The quantitative estimate of drug-likeness (QED) is 0.767. The van der Waals surface area contributed by atoms with Gasteiger partial charge in [0.15, 0.2) is 0 Å². The van der Waals surface area contributed by atoms with Gasteiger partial charge in [-0.2, -0.15) is 0 Å². The molecule has 6 heteroatoms. The average Bonchev–Trinajstić information content (AvgIpc) is 3.12. The van der Waals surface area contributed by atoms with Gasteiger partial charge in [-0.3, -0.25) is 4.79 Å². The smallest absolute Gasteiger partial charge is 0.311 e. The topological polar surface area (TPSA) is 70.0 Å². The third-order valence-electron chi connectivity index (χ3n) is 6.56. The summed E-state index contributed by atoms with van der Waals surface area (Å²) in [6.45, 7) is 3.75. The van der Waals surface area contributed by atoms with Crippen LogP contribution in [-0.4, -0.2) is 48.3 Å². The van der Waals surface area contributed by atoms with Crippen molar-refractivity contribution in [3.05, 3.63) is 56.1 Å². The largest absolute Gasteiger partial charge is 0.495 e. The zero-order valence-electron chi connectivity index (χ0n) is 17.7. The second-order valence-corrected chi connectivity index (χ2v) is 9.44. The van der Waals surface area contributed by atoms with Crippen LogP contribution in [0.25, 0.3) is 11.8 Å². The maximum atomic E-state index is 12.2. The van der Waals surface area contributed by atoms with Crippen LogP contribution in [0.4, 0.5) is 0 Å². The molecule has 0 radical (unpaired) electrons. The molecule has 1 saturated heterocycles. The Morgan fingerprint density at radius 2 is 2.03 bits per heavy atom. The van der Waals surface area contributed by atoms with Crippen molar-refractivity contribution in [2.75, 3.05) is 27.2 Å². The van der Waals surface area contributed by atoms with Crippen LogP contribution in [0, 0.1) is 5.92 Å². The van der Waals surface area contributed by atoms with Gasteiger partial charge in [-0.25, -0.2) is 0 Å². The number of ether oxygens (including phenoxy) is 1. The van der Waals surface area contributed by atoms with Crippen molar-refractivity contribution < 1.29 is 19.7 Å². The van der Waals surface area contributed by atoms with Crippen molar-refractivity contribution >= 4 is 29.1 Å². The summed E-state index contributed by atoms with van der Waals surface area (Å²) in [5.41, 5.74) is -0.386. The van der Waals surface area contributed by atoms with E-state index in [1.54, 1.807) is 7.11 Å². The van der Waals surface area contributed by atoms with Gasteiger partial charge in [0.05, 0.1) is 17.9 Å². The van der Waals surface area contributed by atoms with E-state index in [2.05, 4.69) is 11.9 Å². The van der Waals surface area contributed by atoms with E-state index in [1.807, 2.05) is 43.3 Å². The number of thiophene rings is 1. The van der Waals surface area contributed by atoms with Crippen molar-refractivity contribution in [3.8, 4) is 0 Å². The maximum absolute atomic E-state index is 12.2. The number of aliphatic carboxylic acids is 1. The number of likely N-dealkylation sites (tertiary alicyclic amines) is 1. The van der Waals surface area contributed by atoms with Crippen LogP contribution < -0.4 is 10.4 Å². The van der Waals surface area contributed by atoms with Gasteiger partial charge in [-0.1, -0.05) is 31.2 Å². The van der Waals surface area contributed by atoms with E-state index in [0.717, 1.165) is 51.7 Å². The fourth-order valence-electron chi connectivity index (χ4n) is 4.80. The number of carboxylic acid groups (broad SMARTS) is 1. The normalized spacial score (nSPS) is 23.1. The molecule has 1 aromatic heterocycles. The first-order chi connectivity index (χ1) is 14.4. The molecule has 1 fully saturated rings. The van der Waals surface area contributed by atoms with E-state index in [1.165, 1.54) is 11.3 Å². The predicted molar refractivity (Wildman–Crippen MR) is 119 cm³/mol. The van der Waals surface area contributed by atoms with Crippen LogP contribution in [0.2, 0.25) is 0 Å². The number of hydrogen-bond donors (Lipinski definition) is 2. The average molecular weight is 428 g/mol. The van der Waals surface area contributed by atoms with E-state index < -0.39 is 17.5 Å². The molecule has 2 aromatic rings. The minimum atomic E-state index is -1.17. The van der Waals surface area contributed by atoms with Gasteiger partial charge in [0.25, 0.3) is 0 Å². The molecule has 2 N–H and O–H groups in total. The number of piperidine rings is 1. The summed E-state index contributed by atoms with van der Waals surface area (Å²) in [6, 6.07) is 9.87. The standard InChI is InChI=1S/C24H29NO4S/c1-4-17(23(26)27)20-13-19-22(30-20)21(29-3)18-8-6-5-7-15(18)14-24(19,28)16-9-11-25(2)12-10-16/h5-8,13-14,16-17,28H,4,9-12H2,1-3H3,(H,26,27). The van der Waals surface area contributed by atoms with Crippen LogP contribution in [0.5, 0.6) is 0 Å². The van der Waals surface area contributed by atoms with E-state index in [9.17, 15) is 15.0 Å². The molecule has 0 spiro atoms. The molecule has 2 heterocycles. The molecule has 0 amide bonds. The molecule has 0 saturated carbocycles. The second-order valence-electron chi connectivity index (χ2n) is 8.36. The van der Waals surface area contributed by atoms with Gasteiger partial charge in [0, 0.05) is 15.7 Å². The SMILES string of the molecule is CCC(C(=O)O)c1cc2c(s1)C(OC)=c1ccccc1=CC2(O)C1CCN(C)CC1. The molecular formula is C24H29NO4S. The van der Waals surface area contributed by atoms with Crippen molar-refractivity contribution in [3.63, 3.8) is 0 Å². The minimum absolute atomic E-state index is 0.0593. The Hall–Kier alpha value is -2.15. The Bertz CT molecular complexity index is 1070. The highest BCUT2D eigenvalue weighted by Gasteiger charge is 2.42. The second kappa shape index (κ2) is 8.17. The highest BCUT2D eigenvalue weighted by atomic mass is 32.1. The lowest BCUT2D eigenvalue weighted by atomic mass is 9.75. The Morgan fingerprint density at radius 1 is 1.33 bits per heavy atom. The number of benzene rings is 1. The first-order valence-electron chi connectivity index (χ1n) is 10.5. The monoisotopic (exact) mass is 427 g/mol. The highest BCUT2D eigenvalue weighted by molar-refractivity contribution is 7.13.